The lowest BCUT2D eigenvalue weighted by molar-refractivity contribution is 0.102. The highest BCUT2D eigenvalue weighted by atomic mass is 79.9. The fraction of sp³-hybridized carbons (Fsp3) is 0. The van der Waals surface area contributed by atoms with Crippen molar-refractivity contribution in [2.45, 2.75) is 0 Å². The van der Waals surface area contributed by atoms with E-state index in [1.807, 2.05) is 0 Å². The van der Waals surface area contributed by atoms with Gasteiger partial charge >= 0.3 is 0 Å². The second-order valence-corrected chi connectivity index (χ2v) is 5.12. The van der Waals surface area contributed by atoms with Crippen LogP contribution < -0.4 is 11.1 Å². The first kappa shape index (κ1) is 13.7. The van der Waals surface area contributed by atoms with Crippen LogP contribution in [0.2, 0.25) is 5.02 Å². The van der Waals surface area contributed by atoms with Crippen molar-refractivity contribution in [3.63, 3.8) is 0 Å². The maximum absolute atomic E-state index is 12.0. The van der Waals surface area contributed by atoms with Gasteiger partial charge in [-0.1, -0.05) is 11.6 Å². The number of aromatic hydroxyl groups is 1. The minimum atomic E-state index is -0.289. The molecule has 0 unspecified atom stereocenters. The molecule has 4 N–H and O–H groups in total. The Kier molecular flexibility index (Phi) is 3.97. The maximum atomic E-state index is 12.0. The number of nitrogen functional groups attached to an aromatic ring is 1. The number of phenols is 1. The van der Waals surface area contributed by atoms with E-state index in [1.54, 1.807) is 24.3 Å². The number of carbonyl (C=O) groups is 1. The molecule has 0 spiro atoms. The fourth-order valence-electron chi connectivity index (χ4n) is 1.46. The number of nitrogens with one attached hydrogen (secondary N) is 1. The highest BCUT2D eigenvalue weighted by molar-refractivity contribution is 9.10. The molecule has 2 rings (SSSR count). The summed E-state index contributed by atoms with van der Waals surface area (Å²) < 4.78 is 0.656. The molecule has 0 saturated carbocycles. The van der Waals surface area contributed by atoms with Gasteiger partial charge in [0, 0.05) is 21.4 Å². The number of amides is 1. The molecule has 4 nitrogen and oxygen atoms in total. The second kappa shape index (κ2) is 5.50. The number of benzene rings is 2. The summed E-state index contributed by atoms with van der Waals surface area (Å²) in [7, 11) is 0. The van der Waals surface area contributed by atoms with Crippen molar-refractivity contribution in [3.8, 4) is 5.75 Å². The number of phenolic OH excluding ortho intramolecular Hbond substituents is 1. The van der Waals surface area contributed by atoms with E-state index in [9.17, 15) is 9.90 Å². The van der Waals surface area contributed by atoms with Crippen molar-refractivity contribution >= 4 is 44.8 Å². The zero-order valence-corrected chi connectivity index (χ0v) is 12.0. The van der Waals surface area contributed by atoms with Crippen molar-refractivity contribution in [2.75, 3.05) is 11.1 Å². The van der Waals surface area contributed by atoms with Gasteiger partial charge in [-0.2, -0.15) is 0 Å². The van der Waals surface area contributed by atoms with Gasteiger partial charge in [0.2, 0.25) is 0 Å². The molecule has 0 aliphatic carbocycles. The Morgan fingerprint density at radius 1 is 1.26 bits per heavy atom. The molecule has 19 heavy (non-hydrogen) atoms. The van der Waals surface area contributed by atoms with E-state index in [0.717, 1.165) is 0 Å². The lowest BCUT2D eigenvalue weighted by Gasteiger charge is -2.07. The van der Waals surface area contributed by atoms with E-state index in [-0.39, 0.29) is 16.7 Å². The molecule has 0 aromatic heterocycles. The van der Waals surface area contributed by atoms with Gasteiger partial charge < -0.3 is 16.2 Å². The van der Waals surface area contributed by atoms with Crippen molar-refractivity contribution in [1.29, 1.82) is 0 Å². The molecule has 0 saturated heterocycles. The van der Waals surface area contributed by atoms with Gasteiger partial charge in [-0.15, -0.1) is 0 Å². The molecule has 0 bridgehead atoms. The molecule has 6 heteroatoms. The number of anilines is 2. The summed E-state index contributed by atoms with van der Waals surface area (Å²) in [6, 6.07) is 9.34. The van der Waals surface area contributed by atoms with E-state index >= 15 is 0 Å². The largest absolute Gasteiger partial charge is 0.506 e. The van der Waals surface area contributed by atoms with E-state index in [0.29, 0.717) is 21.4 Å². The summed E-state index contributed by atoms with van der Waals surface area (Å²) in [5.41, 5.74) is 7.18. The zero-order valence-electron chi connectivity index (χ0n) is 9.65. The van der Waals surface area contributed by atoms with E-state index in [2.05, 4.69) is 21.2 Å². The number of hydrogen-bond donors (Lipinski definition) is 3. The Morgan fingerprint density at radius 2 is 2.00 bits per heavy atom. The standard InChI is InChI=1S/C13H10BrClN2O2/c14-9-5-7(1-3-11(9)16)13(19)17-8-2-4-12(18)10(15)6-8/h1-6,18H,16H2,(H,17,19). The van der Waals surface area contributed by atoms with Crippen LogP contribution in [-0.4, -0.2) is 11.0 Å². The number of hydrogen-bond acceptors (Lipinski definition) is 3. The van der Waals surface area contributed by atoms with E-state index < -0.39 is 0 Å². The summed E-state index contributed by atoms with van der Waals surface area (Å²) in [6.07, 6.45) is 0. The molecule has 2 aromatic carbocycles. The van der Waals surface area contributed by atoms with Crippen LogP contribution in [0, 0.1) is 0 Å². The maximum Gasteiger partial charge on any atom is 0.255 e. The number of halogens is 2. The molecule has 0 atom stereocenters. The highest BCUT2D eigenvalue weighted by Crippen LogP contribution is 2.26. The first-order valence-corrected chi connectivity index (χ1v) is 6.49. The average Bonchev–Trinajstić information content (AvgIpc) is 2.37. The smallest absolute Gasteiger partial charge is 0.255 e. The lowest BCUT2D eigenvalue weighted by atomic mass is 10.2. The van der Waals surface area contributed by atoms with E-state index in [1.165, 1.54) is 12.1 Å². The van der Waals surface area contributed by atoms with Crippen LogP contribution in [0.15, 0.2) is 40.9 Å². The molecule has 1 amide bonds. The minimum Gasteiger partial charge on any atom is -0.506 e. The topological polar surface area (TPSA) is 75.4 Å². The Morgan fingerprint density at radius 3 is 2.63 bits per heavy atom. The monoisotopic (exact) mass is 340 g/mol. The molecule has 2 aromatic rings. The van der Waals surface area contributed by atoms with Crippen LogP contribution in [0.3, 0.4) is 0 Å². The fourth-order valence-corrected chi connectivity index (χ4v) is 2.02. The summed E-state index contributed by atoms with van der Waals surface area (Å²) in [6.45, 7) is 0. The van der Waals surface area contributed by atoms with Gasteiger partial charge in [0.05, 0.1) is 5.02 Å². The first-order valence-electron chi connectivity index (χ1n) is 5.32. The van der Waals surface area contributed by atoms with Crippen LogP contribution >= 0.6 is 27.5 Å². The van der Waals surface area contributed by atoms with Crippen molar-refractivity contribution in [1.82, 2.24) is 0 Å². The third kappa shape index (κ3) is 3.19. The van der Waals surface area contributed by atoms with Crippen LogP contribution in [0.5, 0.6) is 5.75 Å². The SMILES string of the molecule is Nc1ccc(C(=O)Nc2ccc(O)c(Cl)c2)cc1Br. The highest BCUT2D eigenvalue weighted by Gasteiger charge is 2.09. The molecule has 0 heterocycles. The average molecular weight is 342 g/mol. The summed E-state index contributed by atoms with van der Waals surface area (Å²) >= 11 is 9.03. The zero-order chi connectivity index (χ0) is 14.0. The summed E-state index contributed by atoms with van der Waals surface area (Å²) in [5, 5.41) is 12.2. The van der Waals surface area contributed by atoms with Gasteiger partial charge in [0.1, 0.15) is 5.75 Å². The summed E-state index contributed by atoms with van der Waals surface area (Å²) in [4.78, 5) is 12.0. The third-order valence-corrected chi connectivity index (χ3v) is 3.46. The van der Waals surface area contributed by atoms with Gasteiger partial charge in [-0.05, 0) is 52.3 Å². The van der Waals surface area contributed by atoms with Crippen molar-refractivity contribution in [3.05, 3.63) is 51.5 Å². The third-order valence-electron chi connectivity index (χ3n) is 2.47. The molecule has 0 radical (unpaired) electrons. The van der Waals surface area contributed by atoms with Crippen molar-refractivity contribution in [2.24, 2.45) is 0 Å². The predicted molar refractivity (Wildman–Crippen MR) is 79.6 cm³/mol. The molecule has 0 aliphatic heterocycles. The van der Waals surface area contributed by atoms with Crippen molar-refractivity contribution < 1.29 is 9.90 Å². The summed E-state index contributed by atoms with van der Waals surface area (Å²) in [5.74, 6) is -0.322. The van der Waals surface area contributed by atoms with Gasteiger partial charge in [-0.3, -0.25) is 4.79 Å². The Labute approximate surface area is 123 Å². The lowest BCUT2D eigenvalue weighted by Crippen LogP contribution is -2.12. The first-order chi connectivity index (χ1) is 8.97. The number of rotatable bonds is 2. The molecule has 98 valence electrons. The van der Waals surface area contributed by atoms with E-state index in [4.69, 9.17) is 17.3 Å². The van der Waals surface area contributed by atoms with Crippen LogP contribution in [0.4, 0.5) is 11.4 Å². The van der Waals surface area contributed by atoms with Crippen LogP contribution in [0.1, 0.15) is 10.4 Å². The van der Waals surface area contributed by atoms with Crippen LogP contribution in [0.25, 0.3) is 0 Å². The van der Waals surface area contributed by atoms with Crippen LogP contribution in [-0.2, 0) is 0 Å². The predicted octanol–water partition coefficient (Wildman–Crippen LogP) is 3.64. The molecule has 0 fully saturated rings. The minimum absolute atomic E-state index is 0.0325. The number of nitrogens with two attached hydrogens (primary N) is 1. The Balaban J connectivity index is 2.20. The molecular weight excluding hydrogens is 332 g/mol. The Hall–Kier alpha value is -1.72. The normalized spacial score (nSPS) is 10.2. The van der Waals surface area contributed by atoms with Gasteiger partial charge in [-0.25, -0.2) is 0 Å². The number of carbonyl (C=O) groups excluding carboxylic acids is 1. The van der Waals surface area contributed by atoms with Gasteiger partial charge in [0.15, 0.2) is 0 Å². The van der Waals surface area contributed by atoms with Gasteiger partial charge in [0.25, 0.3) is 5.91 Å². The Bertz CT molecular complexity index is 647. The molecular formula is C13H10BrClN2O2. The molecule has 0 aliphatic rings. The quantitative estimate of drug-likeness (QED) is 0.576. The second-order valence-electron chi connectivity index (χ2n) is 3.86.